The molecule has 2 unspecified atom stereocenters. The average Bonchev–Trinajstić information content (AvgIpc) is 3.06. The van der Waals surface area contributed by atoms with E-state index >= 15 is 0 Å². The molecule has 1 amide bonds. The van der Waals surface area contributed by atoms with E-state index in [4.69, 9.17) is 11.6 Å². The first-order valence-electron chi connectivity index (χ1n) is 7.71. The molecule has 2 aromatic carbocycles. The lowest BCUT2D eigenvalue weighted by molar-refractivity contribution is -0.117. The van der Waals surface area contributed by atoms with Crippen LogP contribution in [0.4, 0.5) is 5.69 Å². The number of hydrogen-bond donors (Lipinski definition) is 3. The zero-order valence-corrected chi connectivity index (χ0v) is 13.9. The first kappa shape index (κ1) is 16.6. The van der Waals surface area contributed by atoms with Gasteiger partial charge in [0.05, 0.1) is 0 Å². The van der Waals surface area contributed by atoms with Crippen LogP contribution >= 0.6 is 11.6 Å². The number of carbonyl (C=O) groups excluding carboxylic acids is 2. The predicted octanol–water partition coefficient (Wildman–Crippen LogP) is 3.09. The summed E-state index contributed by atoms with van der Waals surface area (Å²) in [4.78, 5) is 23.6. The van der Waals surface area contributed by atoms with E-state index in [9.17, 15) is 9.59 Å². The van der Waals surface area contributed by atoms with E-state index in [0.717, 1.165) is 5.56 Å². The van der Waals surface area contributed by atoms with E-state index in [-0.39, 0.29) is 23.8 Å². The normalized spacial score (nSPS) is 19.9. The number of benzene rings is 2. The monoisotopic (exact) mass is 343 g/mol. The van der Waals surface area contributed by atoms with Gasteiger partial charge in [0.15, 0.2) is 5.78 Å². The topological polar surface area (TPSA) is 70.2 Å². The molecule has 3 rings (SSSR count). The summed E-state index contributed by atoms with van der Waals surface area (Å²) in [5, 5.41) is 3.55. The van der Waals surface area contributed by atoms with Crippen LogP contribution in [0.3, 0.4) is 0 Å². The van der Waals surface area contributed by atoms with Crippen LogP contribution in [0.2, 0.25) is 5.02 Å². The summed E-state index contributed by atoms with van der Waals surface area (Å²) >= 11 is 5.90. The van der Waals surface area contributed by atoms with Crippen LogP contribution in [-0.2, 0) is 4.79 Å². The molecule has 6 heteroatoms. The van der Waals surface area contributed by atoms with Gasteiger partial charge >= 0.3 is 0 Å². The maximum atomic E-state index is 12.4. The highest BCUT2D eigenvalue weighted by Gasteiger charge is 2.30. The number of ketones is 1. The number of rotatable bonds is 4. The van der Waals surface area contributed by atoms with Crippen molar-refractivity contribution in [2.45, 2.75) is 25.4 Å². The Labute approximate surface area is 145 Å². The summed E-state index contributed by atoms with van der Waals surface area (Å²) in [6, 6.07) is 14.2. The summed E-state index contributed by atoms with van der Waals surface area (Å²) in [6.07, 6.45) is 0.638. The minimum atomic E-state index is -0.335. The molecular weight excluding hydrogens is 326 g/mol. The molecule has 2 aromatic rings. The summed E-state index contributed by atoms with van der Waals surface area (Å²) in [5.41, 5.74) is 8.52. The minimum absolute atomic E-state index is 0.000317. The molecule has 0 spiro atoms. The van der Waals surface area contributed by atoms with Crippen LogP contribution in [0.15, 0.2) is 48.5 Å². The third kappa shape index (κ3) is 3.82. The Morgan fingerprint density at radius 1 is 1.04 bits per heavy atom. The first-order chi connectivity index (χ1) is 11.5. The van der Waals surface area contributed by atoms with Gasteiger partial charge in [-0.25, -0.2) is 10.9 Å². The summed E-state index contributed by atoms with van der Waals surface area (Å²) in [7, 11) is 0. The number of halogens is 1. The van der Waals surface area contributed by atoms with Gasteiger partial charge in [-0.2, -0.15) is 0 Å². The maximum absolute atomic E-state index is 12.4. The van der Waals surface area contributed by atoms with E-state index in [1.807, 2.05) is 24.3 Å². The number of Topliss-reactive ketones (excluding diaryl/α,β-unsaturated/α-hetero) is 1. The smallest absolute Gasteiger partial charge is 0.242 e. The predicted molar refractivity (Wildman–Crippen MR) is 93.9 cm³/mol. The molecule has 1 aliphatic rings. The number of carbonyl (C=O) groups is 2. The number of hydrogen-bond acceptors (Lipinski definition) is 4. The summed E-state index contributed by atoms with van der Waals surface area (Å²) in [6.45, 7) is 1.51. The second-order valence-corrected chi connectivity index (χ2v) is 6.24. The molecule has 1 aliphatic heterocycles. The van der Waals surface area contributed by atoms with Crippen molar-refractivity contribution < 1.29 is 9.59 Å². The number of amides is 1. The van der Waals surface area contributed by atoms with Crippen LogP contribution in [0, 0.1) is 0 Å². The quantitative estimate of drug-likeness (QED) is 0.746. The lowest BCUT2D eigenvalue weighted by atomic mass is 10.0. The van der Waals surface area contributed by atoms with Crippen LogP contribution in [0.5, 0.6) is 0 Å². The Morgan fingerprint density at radius 3 is 2.33 bits per heavy atom. The van der Waals surface area contributed by atoms with Gasteiger partial charge in [0.2, 0.25) is 5.91 Å². The Balaban J connectivity index is 1.60. The number of anilines is 1. The molecule has 1 fully saturated rings. The van der Waals surface area contributed by atoms with Gasteiger partial charge in [0.1, 0.15) is 6.04 Å². The van der Waals surface area contributed by atoms with Crippen molar-refractivity contribution in [2.24, 2.45) is 0 Å². The third-order valence-electron chi connectivity index (χ3n) is 4.05. The molecule has 0 saturated carbocycles. The molecule has 0 radical (unpaired) electrons. The second-order valence-electron chi connectivity index (χ2n) is 5.80. The Hall–Kier alpha value is -2.21. The number of hydrazine groups is 1. The van der Waals surface area contributed by atoms with Gasteiger partial charge in [-0.05, 0) is 55.3 Å². The highest BCUT2D eigenvalue weighted by molar-refractivity contribution is 6.30. The molecule has 3 N–H and O–H groups in total. The summed E-state index contributed by atoms with van der Waals surface area (Å²) in [5.74, 6) is -0.116. The molecular formula is C18H18ClN3O2. The largest absolute Gasteiger partial charge is 0.325 e. The van der Waals surface area contributed by atoms with Gasteiger partial charge in [0.25, 0.3) is 0 Å². The van der Waals surface area contributed by atoms with Gasteiger partial charge in [-0.15, -0.1) is 0 Å². The molecule has 0 bridgehead atoms. The van der Waals surface area contributed by atoms with Crippen molar-refractivity contribution in [3.05, 3.63) is 64.7 Å². The fourth-order valence-corrected chi connectivity index (χ4v) is 2.79. The van der Waals surface area contributed by atoms with Crippen LogP contribution in [0.25, 0.3) is 0 Å². The van der Waals surface area contributed by atoms with Crippen molar-refractivity contribution >= 4 is 29.0 Å². The van der Waals surface area contributed by atoms with Crippen molar-refractivity contribution in [3.63, 3.8) is 0 Å². The lowest BCUT2D eigenvalue weighted by Crippen LogP contribution is -2.39. The lowest BCUT2D eigenvalue weighted by Gasteiger charge is -2.11. The zero-order chi connectivity index (χ0) is 17.1. The second kappa shape index (κ2) is 7.13. The summed E-state index contributed by atoms with van der Waals surface area (Å²) < 4.78 is 0. The molecule has 0 aliphatic carbocycles. The van der Waals surface area contributed by atoms with Crippen LogP contribution < -0.4 is 16.2 Å². The highest BCUT2D eigenvalue weighted by atomic mass is 35.5. The van der Waals surface area contributed by atoms with E-state index in [1.165, 1.54) is 6.92 Å². The van der Waals surface area contributed by atoms with E-state index in [1.54, 1.807) is 24.3 Å². The average molecular weight is 344 g/mol. The van der Waals surface area contributed by atoms with E-state index in [2.05, 4.69) is 16.2 Å². The first-order valence-corrected chi connectivity index (χ1v) is 8.09. The Bertz CT molecular complexity index is 744. The molecule has 2 atom stereocenters. The number of nitrogens with one attached hydrogen (secondary N) is 3. The highest BCUT2D eigenvalue weighted by Crippen LogP contribution is 2.24. The molecule has 0 aromatic heterocycles. The Kier molecular flexibility index (Phi) is 4.94. The van der Waals surface area contributed by atoms with Crippen molar-refractivity contribution in [1.29, 1.82) is 0 Å². The van der Waals surface area contributed by atoms with Gasteiger partial charge in [-0.1, -0.05) is 23.7 Å². The van der Waals surface area contributed by atoms with Crippen LogP contribution in [-0.4, -0.2) is 17.7 Å². The van der Waals surface area contributed by atoms with Gasteiger partial charge < -0.3 is 5.32 Å². The molecule has 1 heterocycles. The fourth-order valence-electron chi connectivity index (χ4n) is 2.66. The van der Waals surface area contributed by atoms with Crippen molar-refractivity contribution in [2.75, 3.05) is 5.32 Å². The zero-order valence-electron chi connectivity index (χ0n) is 13.2. The minimum Gasteiger partial charge on any atom is -0.325 e. The molecule has 24 heavy (non-hydrogen) atoms. The molecule has 1 saturated heterocycles. The van der Waals surface area contributed by atoms with Crippen LogP contribution in [0.1, 0.15) is 35.3 Å². The van der Waals surface area contributed by atoms with Gasteiger partial charge in [-0.3, -0.25) is 9.59 Å². The van der Waals surface area contributed by atoms with Crippen molar-refractivity contribution in [1.82, 2.24) is 10.9 Å². The molecule has 5 nitrogen and oxygen atoms in total. The SMILES string of the molecule is CC(=O)c1ccc(NC(=O)C2CC(c3ccc(Cl)cc3)NN2)cc1. The van der Waals surface area contributed by atoms with Gasteiger partial charge in [0, 0.05) is 22.3 Å². The maximum Gasteiger partial charge on any atom is 0.242 e. The van der Waals surface area contributed by atoms with Crippen molar-refractivity contribution in [3.8, 4) is 0 Å². The standard InChI is InChI=1S/C18H18ClN3O2/c1-11(23)12-4-8-15(9-5-12)20-18(24)17-10-16(21-22-17)13-2-6-14(19)7-3-13/h2-9,16-17,21-22H,10H2,1H3,(H,20,24). The van der Waals surface area contributed by atoms with E-state index in [0.29, 0.717) is 22.7 Å². The third-order valence-corrected chi connectivity index (χ3v) is 4.30. The fraction of sp³-hybridized carbons (Fsp3) is 0.222. The molecule has 124 valence electrons. The Morgan fingerprint density at radius 2 is 1.71 bits per heavy atom. The van der Waals surface area contributed by atoms with E-state index < -0.39 is 0 Å².